The lowest BCUT2D eigenvalue weighted by Crippen LogP contribution is -2.41. The molecule has 0 spiro atoms. The maximum Gasteiger partial charge on any atom is 0.243 e. The Kier molecular flexibility index (Phi) is 4.92. The molecule has 2 aromatic carbocycles. The van der Waals surface area contributed by atoms with Gasteiger partial charge in [-0.2, -0.15) is 4.31 Å². The highest BCUT2D eigenvalue weighted by Gasteiger charge is 2.37. The minimum atomic E-state index is -3.67. The zero-order valence-corrected chi connectivity index (χ0v) is 15.1. The molecule has 6 heteroatoms. The smallest absolute Gasteiger partial charge is 0.243 e. The monoisotopic (exact) mass is 359 g/mol. The van der Waals surface area contributed by atoms with Crippen LogP contribution in [-0.4, -0.2) is 32.2 Å². The molecule has 0 bridgehead atoms. The van der Waals surface area contributed by atoms with Gasteiger partial charge in [0, 0.05) is 19.4 Å². The molecule has 1 fully saturated rings. The van der Waals surface area contributed by atoms with Gasteiger partial charge in [-0.1, -0.05) is 29.8 Å². The largest absolute Gasteiger partial charge is 0.497 e. The minimum Gasteiger partial charge on any atom is -0.497 e. The maximum atomic E-state index is 13.1. The first-order valence-corrected chi connectivity index (χ1v) is 9.60. The quantitative estimate of drug-likeness (QED) is 0.841. The van der Waals surface area contributed by atoms with Crippen molar-refractivity contribution in [1.29, 1.82) is 0 Å². The standard InChI is InChI=1S/C19H21NO4S/c1-14-3-9-18(10-4-14)25(22,23)20-12-11-16(21)13-19(20)15-5-7-17(24-2)8-6-15/h3-10,19H,11-13H2,1-2H3. The van der Waals surface area contributed by atoms with Gasteiger partial charge >= 0.3 is 0 Å². The van der Waals surface area contributed by atoms with Crippen molar-refractivity contribution < 1.29 is 17.9 Å². The molecule has 0 N–H and O–H groups in total. The van der Waals surface area contributed by atoms with E-state index in [1.54, 1.807) is 43.5 Å². The van der Waals surface area contributed by atoms with Crippen LogP contribution in [0.5, 0.6) is 5.75 Å². The first kappa shape index (κ1) is 17.6. The van der Waals surface area contributed by atoms with E-state index in [4.69, 9.17) is 4.74 Å². The predicted octanol–water partition coefficient (Wildman–Crippen LogP) is 3.10. The minimum absolute atomic E-state index is 0.0798. The Morgan fingerprint density at radius 2 is 1.68 bits per heavy atom. The summed E-state index contributed by atoms with van der Waals surface area (Å²) in [5.41, 5.74) is 1.80. The Balaban J connectivity index is 1.98. The predicted molar refractivity (Wildman–Crippen MR) is 95.0 cm³/mol. The van der Waals surface area contributed by atoms with E-state index in [2.05, 4.69) is 0 Å². The van der Waals surface area contributed by atoms with Gasteiger partial charge in [0.15, 0.2) is 0 Å². The molecule has 1 unspecified atom stereocenters. The van der Waals surface area contributed by atoms with Crippen molar-refractivity contribution in [2.45, 2.75) is 30.7 Å². The molecule has 0 amide bonds. The van der Waals surface area contributed by atoms with Crippen LogP contribution in [0.1, 0.15) is 30.0 Å². The zero-order valence-electron chi connectivity index (χ0n) is 14.3. The molecule has 1 aliphatic heterocycles. The van der Waals surface area contributed by atoms with Crippen molar-refractivity contribution in [3.05, 3.63) is 59.7 Å². The molecule has 3 rings (SSSR count). The molecule has 1 atom stereocenters. The first-order chi connectivity index (χ1) is 11.9. The number of sulfonamides is 1. The van der Waals surface area contributed by atoms with E-state index in [-0.39, 0.29) is 30.1 Å². The molecule has 1 heterocycles. The van der Waals surface area contributed by atoms with Gasteiger partial charge in [-0.25, -0.2) is 8.42 Å². The van der Waals surface area contributed by atoms with Crippen molar-refractivity contribution in [1.82, 2.24) is 4.31 Å². The van der Waals surface area contributed by atoms with E-state index in [1.807, 2.05) is 19.1 Å². The summed E-state index contributed by atoms with van der Waals surface area (Å²) in [5, 5.41) is 0. The summed E-state index contributed by atoms with van der Waals surface area (Å²) in [6.07, 6.45) is 0.440. The van der Waals surface area contributed by atoms with Crippen LogP contribution >= 0.6 is 0 Å². The topological polar surface area (TPSA) is 63.7 Å². The van der Waals surface area contributed by atoms with Crippen LogP contribution in [0.3, 0.4) is 0 Å². The summed E-state index contributed by atoms with van der Waals surface area (Å²) >= 11 is 0. The number of ether oxygens (including phenoxy) is 1. The molecule has 1 saturated heterocycles. The third-order valence-electron chi connectivity index (χ3n) is 4.51. The number of nitrogens with zero attached hydrogens (tertiary/aromatic N) is 1. The average Bonchev–Trinajstić information content (AvgIpc) is 2.62. The third-order valence-corrected chi connectivity index (χ3v) is 6.43. The van der Waals surface area contributed by atoms with Gasteiger partial charge in [0.05, 0.1) is 18.0 Å². The van der Waals surface area contributed by atoms with Crippen LogP contribution in [0.25, 0.3) is 0 Å². The second kappa shape index (κ2) is 6.98. The second-order valence-corrected chi connectivity index (χ2v) is 8.10. The molecule has 1 aliphatic rings. The molecule has 5 nitrogen and oxygen atoms in total. The second-order valence-electron chi connectivity index (χ2n) is 6.21. The molecule has 132 valence electrons. The number of hydrogen-bond donors (Lipinski definition) is 0. The van der Waals surface area contributed by atoms with Crippen LogP contribution in [-0.2, 0) is 14.8 Å². The van der Waals surface area contributed by atoms with Gasteiger partial charge in [0.1, 0.15) is 11.5 Å². The molecule has 0 aromatic heterocycles. The van der Waals surface area contributed by atoms with E-state index in [9.17, 15) is 13.2 Å². The summed E-state index contributed by atoms with van der Waals surface area (Å²) in [7, 11) is -2.09. The molecular weight excluding hydrogens is 338 g/mol. The molecule has 2 aromatic rings. The van der Waals surface area contributed by atoms with Gasteiger partial charge in [0.25, 0.3) is 0 Å². The number of ketones is 1. The summed E-state index contributed by atoms with van der Waals surface area (Å²) in [4.78, 5) is 12.2. The number of benzene rings is 2. The van der Waals surface area contributed by atoms with Crippen molar-refractivity contribution in [2.75, 3.05) is 13.7 Å². The van der Waals surface area contributed by atoms with Crippen molar-refractivity contribution in [3.8, 4) is 5.75 Å². The fourth-order valence-electron chi connectivity index (χ4n) is 3.05. The Hall–Kier alpha value is -2.18. The van der Waals surface area contributed by atoms with E-state index in [0.29, 0.717) is 5.75 Å². The Morgan fingerprint density at radius 1 is 1.04 bits per heavy atom. The normalized spacial score (nSPS) is 19.0. The maximum absolute atomic E-state index is 13.1. The van der Waals surface area contributed by atoms with Crippen LogP contribution < -0.4 is 4.74 Å². The fraction of sp³-hybridized carbons (Fsp3) is 0.316. The molecule has 0 aliphatic carbocycles. The number of rotatable bonds is 4. The number of hydrogen-bond acceptors (Lipinski definition) is 4. The van der Waals surface area contributed by atoms with Crippen molar-refractivity contribution >= 4 is 15.8 Å². The van der Waals surface area contributed by atoms with E-state index < -0.39 is 16.1 Å². The highest BCUT2D eigenvalue weighted by molar-refractivity contribution is 7.89. The highest BCUT2D eigenvalue weighted by Crippen LogP contribution is 2.34. The zero-order chi connectivity index (χ0) is 18.0. The summed E-state index contributed by atoms with van der Waals surface area (Å²) < 4.78 is 32.8. The van der Waals surface area contributed by atoms with Gasteiger partial charge in [-0.3, -0.25) is 4.79 Å². The van der Waals surface area contributed by atoms with E-state index in [0.717, 1.165) is 11.1 Å². The fourth-order valence-corrected chi connectivity index (χ4v) is 4.67. The summed E-state index contributed by atoms with van der Waals surface area (Å²) in [6.45, 7) is 2.11. The lowest BCUT2D eigenvalue weighted by atomic mass is 9.96. The van der Waals surface area contributed by atoms with Crippen molar-refractivity contribution in [3.63, 3.8) is 0 Å². The number of methoxy groups -OCH3 is 1. The van der Waals surface area contributed by atoms with Crippen LogP contribution in [0.15, 0.2) is 53.4 Å². The van der Waals surface area contributed by atoms with Gasteiger partial charge in [-0.15, -0.1) is 0 Å². The number of Topliss-reactive ketones (excluding diaryl/α,β-unsaturated/α-hetero) is 1. The number of carbonyl (C=O) groups is 1. The first-order valence-electron chi connectivity index (χ1n) is 8.16. The summed E-state index contributed by atoms with van der Waals surface area (Å²) in [6, 6.07) is 13.5. The number of carbonyl (C=O) groups excluding carboxylic acids is 1. The third kappa shape index (κ3) is 3.60. The summed E-state index contributed by atoms with van der Waals surface area (Å²) in [5.74, 6) is 0.773. The number of aryl methyl sites for hydroxylation is 1. The van der Waals surface area contributed by atoms with E-state index in [1.165, 1.54) is 4.31 Å². The Bertz CT molecular complexity index is 857. The van der Waals surface area contributed by atoms with Gasteiger partial charge in [-0.05, 0) is 36.8 Å². The molecule has 0 saturated carbocycles. The Morgan fingerprint density at radius 3 is 2.28 bits per heavy atom. The SMILES string of the molecule is COc1ccc(C2CC(=O)CCN2S(=O)(=O)c2ccc(C)cc2)cc1. The Labute approximate surface area is 148 Å². The van der Waals surface area contributed by atoms with Gasteiger partial charge < -0.3 is 4.74 Å². The highest BCUT2D eigenvalue weighted by atomic mass is 32.2. The van der Waals surface area contributed by atoms with Crippen LogP contribution in [0.4, 0.5) is 0 Å². The van der Waals surface area contributed by atoms with E-state index >= 15 is 0 Å². The molecule has 0 radical (unpaired) electrons. The van der Waals surface area contributed by atoms with Gasteiger partial charge in [0.2, 0.25) is 10.0 Å². The average molecular weight is 359 g/mol. The van der Waals surface area contributed by atoms with Crippen LogP contribution in [0, 0.1) is 6.92 Å². The molecule has 25 heavy (non-hydrogen) atoms. The molecular formula is C19H21NO4S. The lowest BCUT2D eigenvalue weighted by molar-refractivity contribution is -0.121. The number of piperidine rings is 1. The lowest BCUT2D eigenvalue weighted by Gasteiger charge is -2.34. The van der Waals surface area contributed by atoms with Crippen molar-refractivity contribution in [2.24, 2.45) is 0 Å². The van der Waals surface area contributed by atoms with Crippen LogP contribution in [0.2, 0.25) is 0 Å².